The molecule has 0 radical (unpaired) electrons. The zero-order valence-electron chi connectivity index (χ0n) is 26.2. The molecule has 1 aliphatic carbocycles. The van der Waals surface area contributed by atoms with Crippen LogP contribution in [0.25, 0.3) is 0 Å². The molecule has 47 heavy (non-hydrogen) atoms. The van der Waals surface area contributed by atoms with E-state index < -0.39 is 38.9 Å². The fourth-order valence-corrected chi connectivity index (χ4v) is 7.37. The minimum atomic E-state index is -4.22. The molecule has 6 atom stereocenters. The van der Waals surface area contributed by atoms with Crippen LogP contribution in [-0.4, -0.2) is 61.3 Å². The molecule has 1 aliphatic heterocycles. The number of hydrogen-bond acceptors (Lipinski definition) is 10. The summed E-state index contributed by atoms with van der Waals surface area (Å²) in [7, 11) is -4.22. The van der Waals surface area contributed by atoms with Crippen LogP contribution in [0.15, 0.2) is 75.2 Å². The van der Waals surface area contributed by atoms with Crippen molar-refractivity contribution in [3.05, 3.63) is 76.7 Å². The molecule has 1 unspecified atom stereocenters. The number of carbonyl (C=O) groups is 1. The van der Waals surface area contributed by atoms with Gasteiger partial charge in [-0.3, -0.25) is 4.79 Å². The molecule has 2 heterocycles. The van der Waals surface area contributed by atoms with E-state index in [-0.39, 0.29) is 53.0 Å². The molecule has 2 aliphatic rings. The number of para-hydroxylation sites is 1. The molecule has 3 aromatic rings. The Kier molecular flexibility index (Phi) is 10.9. The van der Waals surface area contributed by atoms with Crippen molar-refractivity contribution in [3.63, 3.8) is 0 Å². The summed E-state index contributed by atoms with van der Waals surface area (Å²) in [6.07, 6.45) is 4.52. The van der Waals surface area contributed by atoms with Gasteiger partial charge in [-0.25, -0.2) is 8.42 Å². The number of hydrogen-bond donors (Lipinski definition) is 3. The van der Waals surface area contributed by atoms with Gasteiger partial charge in [-0.05, 0) is 53.4 Å². The molecular weight excluding hydrogens is 628 g/mol. The van der Waals surface area contributed by atoms with Crippen LogP contribution >= 0.6 is 0 Å². The van der Waals surface area contributed by atoms with Gasteiger partial charge in [0, 0.05) is 36.7 Å². The highest BCUT2D eigenvalue weighted by Crippen LogP contribution is 2.52. The van der Waals surface area contributed by atoms with Crippen molar-refractivity contribution in [1.29, 1.82) is 0 Å². The number of aliphatic hydroxyl groups excluding tert-OH is 2. The first kappa shape index (κ1) is 34.0. The summed E-state index contributed by atoms with van der Waals surface area (Å²) in [6, 6.07) is 13.3. The van der Waals surface area contributed by atoms with Crippen molar-refractivity contribution in [1.82, 2.24) is 5.16 Å². The van der Waals surface area contributed by atoms with Crippen LogP contribution in [0, 0.1) is 28.6 Å². The van der Waals surface area contributed by atoms with E-state index >= 15 is 0 Å². The monoisotopic (exact) mass is 667 g/mol. The molecular formula is C34H39N2O10S+. The predicted molar refractivity (Wildman–Crippen MR) is 168 cm³/mol. The number of benzene rings is 2. The van der Waals surface area contributed by atoms with Crippen LogP contribution in [0.2, 0.25) is 0 Å². The second-order valence-corrected chi connectivity index (χ2v) is 13.6. The molecule has 0 bridgehead atoms. The quantitative estimate of drug-likeness (QED) is 0.100. The number of aryl methyl sites for hydroxylation is 1. The minimum absolute atomic E-state index is 0.0244. The third-order valence-corrected chi connectivity index (χ3v) is 10.2. The number of fused-ring (bicyclic) bond motifs is 3. The molecule has 0 amide bonds. The molecule has 1 fully saturated rings. The van der Waals surface area contributed by atoms with Crippen LogP contribution in [-0.2, 0) is 25.8 Å². The van der Waals surface area contributed by atoms with E-state index in [1.54, 1.807) is 19.1 Å². The van der Waals surface area contributed by atoms with Gasteiger partial charge in [0.2, 0.25) is 4.60 Å². The summed E-state index contributed by atoms with van der Waals surface area (Å²) in [4.78, 5) is 24.3. The molecule has 1 saturated carbocycles. The lowest BCUT2D eigenvalue weighted by molar-refractivity contribution is -0.744. The highest BCUT2D eigenvalue weighted by molar-refractivity contribution is 7.91. The lowest BCUT2D eigenvalue weighted by Crippen LogP contribution is -2.22. The number of aromatic amines is 1. The van der Waals surface area contributed by atoms with Crippen LogP contribution < -0.4 is 14.1 Å². The molecule has 12 nitrogen and oxygen atoms in total. The van der Waals surface area contributed by atoms with E-state index in [1.165, 1.54) is 24.3 Å². The first-order valence-electron chi connectivity index (χ1n) is 15.6. The fourth-order valence-electron chi connectivity index (χ4n) is 6.05. The Balaban J connectivity index is 1.11. The third kappa shape index (κ3) is 7.62. The van der Waals surface area contributed by atoms with Gasteiger partial charge in [-0.15, -0.1) is 11.8 Å². The van der Waals surface area contributed by atoms with Gasteiger partial charge in [0.05, 0.1) is 17.1 Å². The number of aromatic nitrogens is 2. The maximum Gasteiger partial charge on any atom is 0.404 e. The van der Waals surface area contributed by atoms with E-state index in [1.807, 2.05) is 31.2 Å². The van der Waals surface area contributed by atoms with Gasteiger partial charge < -0.3 is 24.4 Å². The van der Waals surface area contributed by atoms with Crippen LogP contribution in [0.1, 0.15) is 56.6 Å². The zero-order chi connectivity index (χ0) is 33.6. The minimum Gasteiger partial charge on any atom is -0.489 e. The van der Waals surface area contributed by atoms with Crippen molar-refractivity contribution >= 4 is 15.8 Å². The average molecular weight is 668 g/mol. The highest BCUT2D eigenvalue weighted by atomic mass is 32.2. The topological polar surface area (TPSA) is 171 Å². The molecule has 1 aromatic heterocycles. The Labute approximate surface area is 272 Å². The Morgan fingerprint density at radius 1 is 1.19 bits per heavy atom. The van der Waals surface area contributed by atoms with Gasteiger partial charge in [0.1, 0.15) is 25.1 Å². The summed E-state index contributed by atoms with van der Waals surface area (Å²) in [6.45, 7) is 3.32. The van der Waals surface area contributed by atoms with Crippen LogP contribution in [0.5, 0.6) is 11.6 Å². The first-order chi connectivity index (χ1) is 22.6. The van der Waals surface area contributed by atoms with E-state index in [0.29, 0.717) is 25.7 Å². The molecule has 0 spiro atoms. The lowest BCUT2D eigenvalue weighted by atomic mass is 9.86. The Morgan fingerprint density at radius 2 is 1.98 bits per heavy atom. The normalized spacial score (nSPS) is 21.3. The average Bonchev–Trinajstić information content (AvgIpc) is 3.72. The van der Waals surface area contributed by atoms with Crippen molar-refractivity contribution in [2.75, 3.05) is 13.2 Å². The highest BCUT2D eigenvalue weighted by Gasteiger charge is 2.49. The zero-order valence-corrected chi connectivity index (χ0v) is 27.0. The summed E-state index contributed by atoms with van der Waals surface area (Å²) in [5.74, 6) is 5.51. The van der Waals surface area contributed by atoms with Crippen LogP contribution in [0.3, 0.4) is 0 Å². The predicted octanol–water partition coefficient (Wildman–Crippen LogP) is 3.49. The van der Waals surface area contributed by atoms with Crippen molar-refractivity contribution in [2.24, 2.45) is 11.8 Å². The number of nitrogens with one attached hydrogen (secondary N) is 1. The molecule has 5 rings (SSSR count). The number of nitrogens with zero attached hydrogens (tertiary/aromatic N) is 1. The van der Waals surface area contributed by atoms with Gasteiger partial charge in [0.15, 0.2) is 0 Å². The Bertz CT molecular complexity index is 1800. The van der Waals surface area contributed by atoms with Crippen molar-refractivity contribution < 1.29 is 46.9 Å². The molecule has 0 saturated heterocycles. The maximum atomic E-state index is 12.9. The summed E-state index contributed by atoms with van der Waals surface area (Å²) in [5, 5.41) is 22.8. The second-order valence-electron chi connectivity index (χ2n) is 11.7. The van der Waals surface area contributed by atoms with Crippen molar-refractivity contribution in [2.45, 2.75) is 80.1 Å². The van der Waals surface area contributed by atoms with Gasteiger partial charge in [-0.1, -0.05) is 60.1 Å². The SMILES string of the molecule is CC#CCC(C)[C@@H](O)/C=C/[C@H]1[C@@H]2c3cccc(CCCC(=O)OCCOc4[nH]o[n+](=O)c4S(=O)(=O)c4ccccc4)c3O[C@@H]2C[C@@H]1O. The standard InChI is InChI=1S/C34H39N2O10S/c1-3-4-10-22(2)27(37)18-17-25-28(38)21-29-31(25)26-15-8-11-23(32(26)45-29)12-9-16-30(39)43-19-20-44-33-34(36(40)46-35-33)47(41,42)24-13-6-5-7-14-24/h5-8,11,13-15,17-18,22,25,27-29,31,35,37-38H,9-10,12,16,19-21H2,1-2H3/q+1/b18-17+/t22?,25-,27+,28+,29-,31-/m1/s1. The fraction of sp³-hybridized carbons (Fsp3) is 0.441. The lowest BCUT2D eigenvalue weighted by Gasteiger charge is -2.19. The van der Waals surface area contributed by atoms with Gasteiger partial charge in [-0.2, -0.15) is 0 Å². The number of sulfone groups is 1. The number of esters is 1. The largest absolute Gasteiger partial charge is 0.489 e. The van der Waals surface area contributed by atoms with E-state index in [2.05, 4.69) is 21.6 Å². The van der Waals surface area contributed by atoms with E-state index in [9.17, 15) is 28.3 Å². The third-order valence-electron chi connectivity index (χ3n) is 8.51. The number of aliphatic hydroxyl groups is 2. The molecule has 2 aromatic carbocycles. The summed E-state index contributed by atoms with van der Waals surface area (Å²) in [5.41, 5.74) is 1.98. The Hall–Kier alpha value is -4.38. The first-order valence-corrected chi connectivity index (χ1v) is 17.1. The number of carbonyl (C=O) groups excluding carboxylic acids is 1. The van der Waals surface area contributed by atoms with Gasteiger partial charge >= 0.3 is 16.9 Å². The number of ether oxygens (including phenoxy) is 3. The van der Waals surface area contributed by atoms with E-state index in [0.717, 1.165) is 16.9 Å². The second kappa shape index (κ2) is 15.0. The Morgan fingerprint density at radius 3 is 2.74 bits per heavy atom. The smallest absolute Gasteiger partial charge is 0.404 e. The van der Waals surface area contributed by atoms with Crippen LogP contribution in [0.4, 0.5) is 0 Å². The summed E-state index contributed by atoms with van der Waals surface area (Å²) < 4.78 is 47.1. The molecule has 3 N–H and O–H groups in total. The number of H-pyrrole nitrogens is 1. The van der Waals surface area contributed by atoms with Crippen molar-refractivity contribution in [3.8, 4) is 23.5 Å². The van der Waals surface area contributed by atoms with Gasteiger partial charge in [0.25, 0.3) is 9.84 Å². The summed E-state index contributed by atoms with van der Waals surface area (Å²) >= 11 is 0. The molecule has 13 heteroatoms. The maximum absolute atomic E-state index is 12.9. The molecule has 250 valence electrons. The van der Waals surface area contributed by atoms with E-state index in [4.69, 9.17) is 14.2 Å². The number of rotatable bonds is 14.